The zero-order chi connectivity index (χ0) is 19.4. The lowest BCUT2D eigenvalue weighted by atomic mass is 10.2. The largest absolute Gasteiger partial charge is 0.417 e. The van der Waals surface area contributed by atoms with Crippen LogP contribution in [-0.2, 0) is 11.0 Å². The third kappa shape index (κ3) is 4.73. The number of alkyl halides is 3. The minimum absolute atomic E-state index is 0.000894. The second-order valence-electron chi connectivity index (χ2n) is 5.40. The first-order valence-corrected chi connectivity index (χ1v) is 7.94. The van der Waals surface area contributed by atoms with E-state index in [0.29, 0.717) is 11.4 Å². The van der Waals surface area contributed by atoms with Gasteiger partial charge in [0.15, 0.2) is 0 Å². The number of benzene rings is 2. The van der Waals surface area contributed by atoms with E-state index in [0.717, 1.165) is 12.1 Å². The molecule has 0 bridgehead atoms. The molecule has 0 radical (unpaired) electrons. The van der Waals surface area contributed by atoms with Crippen LogP contribution in [0.25, 0.3) is 5.69 Å². The highest BCUT2D eigenvalue weighted by Gasteiger charge is 2.33. The lowest BCUT2D eigenvalue weighted by Crippen LogP contribution is -2.22. The normalized spacial score (nSPS) is 11.3. The first-order chi connectivity index (χ1) is 12.8. The van der Waals surface area contributed by atoms with Gasteiger partial charge in [-0.25, -0.2) is 4.68 Å². The summed E-state index contributed by atoms with van der Waals surface area (Å²) in [5.41, 5.74) is 0.285. The van der Waals surface area contributed by atoms with Crippen LogP contribution < -0.4 is 10.6 Å². The maximum absolute atomic E-state index is 12.9. The van der Waals surface area contributed by atoms with Gasteiger partial charge in [-0.15, -0.1) is 5.10 Å². The third-order valence-electron chi connectivity index (χ3n) is 3.47. The average molecular weight is 397 g/mol. The molecule has 3 rings (SSSR count). The van der Waals surface area contributed by atoms with E-state index in [1.165, 1.54) is 17.1 Å². The van der Waals surface area contributed by atoms with Gasteiger partial charge in [0, 0.05) is 11.4 Å². The van der Waals surface area contributed by atoms with E-state index in [9.17, 15) is 18.0 Å². The van der Waals surface area contributed by atoms with E-state index in [1.807, 2.05) is 0 Å². The van der Waals surface area contributed by atoms with Gasteiger partial charge < -0.3 is 10.6 Å². The number of halogens is 4. The summed E-state index contributed by atoms with van der Waals surface area (Å²) in [4.78, 5) is 12.0. The second kappa shape index (κ2) is 7.62. The fraction of sp³-hybridized carbons (Fsp3) is 0.125. The fourth-order valence-electron chi connectivity index (χ4n) is 2.25. The second-order valence-corrected chi connectivity index (χ2v) is 5.81. The number of rotatable bonds is 5. The van der Waals surface area contributed by atoms with E-state index in [2.05, 4.69) is 26.2 Å². The Kier molecular flexibility index (Phi) is 5.26. The van der Waals surface area contributed by atoms with Crippen molar-refractivity contribution in [3.63, 3.8) is 0 Å². The molecule has 1 heterocycles. The summed E-state index contributed by atoms with van der Waals surface area (Å²) in [5, 5.41) is 15.7. The van der Waals surface area contributed by atoms with Crippen LogP contribution in [-0.4, -0.2) is 32.7 Å². The number of hydrogen-bond donors (Lipinski definition) is 2. The maximum atomic E-state index is 12.9. The molecule has 2 N–H and O–H groups in total. The Morgan fingerprint density at radius 1 is 1.15 bits per heavy atom. The van der Waals surface area contributed by atoms with Crippen molar-refractivity contribution in [1.82, 2.24) is 20.2 Å². The molecule has 11 heteroatoms. The molecule has 0 aliphatic rings. The van der Waals surface area contributed by atoms with Gasteiger partial charge in [-0.1, -0.05) is 17.7 Å². The summed E-state index contributed by atoms with van der Waals surface area (Å²) in [6.45, 7) is -0.150. The molecule has 0 aliphatic heterocycles. The van der Waals surface area contributed by atoms with Crippen molar-refractivity contribution in [3.05, 3.63) is 59.4 Å². The molecule has 0 fully saturated rings. The van der Waals surface area contributed by atoms with Gasteiger partial charge in [-0.05, 0) is 46.8 Å². The van der Waals surface area contributed by atoms with E-state index in [4.69, 9.17) is 11.6 Å². The molecule has 27 heavy (non-hydrogen) atoms. The first-order valence-electron chi connectivity index (χ1n) is 7.57. The lowest BCUT2D eigenvalue weighted by molar-refractivity contribution is -0.137. The summed E-state index contributed by atoms with van der Waals surface area (Å²) in [5.74, 6) is -0.515. The molecule has 2 aromatic carbocycles. The van der Waals surface area contributed by atoms with E-state index >= 15 is 0 Å². The minimum atomic E-state index is -4.60. The number of tetrazole rings is 1. The van der Waals surface area contributed by atoms with Crippen molar-refractivity contribution in [2.75, 3.05) is 17.2 Å². The summed E-state index contributed by atoms with van der Waals surface area (Å²) < 4.78 is 40.0. The van der Waals surface area contributed by atoms with Crippen molar-refractivity contribution < 1.29 is 18.0 Å². The number of aromatic nitrogens is 4. The molecular formula is C16H12ClF3N6O. The zero-order valence-corrected chi connectivity index (χ0v) is 14.3. The van der Waals surface area contributed by atoms with Crippen molar-refractivity contribution >= 4 is 28.9 Å². The summed E-state index contributed by atoms with van der Waals surface area (Å²) in [6.07, 6.45) is -3.18. The Morgan fingerprint density at radius 2 is 1.96 bits per heavy atom. The highest BCUT2D eigenvalue weighted by atomic mass is 35.5. The number of carbonyl (C=O) groups is 1. The van der Waals surface area contributed by atoms with E-state index < -0.39 is 22.7 Å². The van der Waals surface area contributed by atoms with Crippen LogP contribution in [0.3, 0.4) is 0 Å². The Morgan fingerprint density at radius 3 is 2.67 bits per heavy atom. The summed E-state index contributed by atoms with van der Waals surface area (Å²) >= 11 is 5.55. The number of nitrogens with one attached hydrogen (secondary N) is 2. The van der Waals surface area contributed by atoms with Crippen molar-refractivity contribution in [1.29, 1.82) is 0 Å². The van der Waals surface area contributed by atoms with Gasteiger partial charge in [0.25, 0.3) is 0 Å². The lowest BCUT2D eigenvalue weighted by Gasteiger charge is -2.12. The predicted molar refractivity (Wildman–Crippen MR) is 92.7 cm³/mol. The average Bonchev–Trinajstić information content (AvgIpc) is 3.16. The maximum Gasteiger partial charge on any atom is 0.417 e. The van der Waals surface area contributed by atoms with Gasteiger partial charge in [0.1, 0.15) is 6.33 Å². The molecule has 7 nitrogen and oxygen atoms in total. The standard InChI is InChI=1S/C16H12ClF3N6O/c17-14-5-4-11(7-13(14)16(18,19)20)23-15(27)8-21-10-2-1-3-12(6-10)26-9-22-24-25-26/h1-7,9,21H,8H2,(H,23,27). The van der Waals surface area contributed by atoms with Gasteiger partial charge in [0.05, 0.1) is 22.8 Å². The highest BCUT2D eigenvalue weighted by Crippen LogP contribution is 2.36. The Bertz CT molecular complexity index is 946. The van der Waals surface area contributed by atoms with Crippen LogP contribution >= 0.6 is 11.6 Å². The topological polar surface area (TPSA) is 84.7 Å². The van der Waals surface area contributed by atoms with E-state index in [-0.39, 0.29) is 12.2 Å². The van der Waals surface area contributed by atoms with E-state index in [1.54, 1.807) is 24.3 Å². The van der Waals surface area contributed by atoms with Crippen LogP contribution in [0.15, 0.2) is 48.8 Å². The van der Waals surface area contributed by atoms with Crippen LogP contribution in [0.5, 0.6) is 0 Å². The minimum Gasteiger partial charge on any atom is -0.376 e. The van der Waals surface area contributed by atoms with Gasteiger partial charge >= 0.3 is 6.18 Å². The number of hydrogen-bond acceptors (Lipinski definition) is 5. The number of anilines is 2. The number of carbonyl (C=O) groups excluding carboxylic acids is 1. The molecule has 0 atom stereocenters. The smallest absolute Gasteiger partial charge is 0.376 e. The number of amides is 1. The van der Waals surface area contributed by atoms with Gasteiger partial charge in [-0.3, -0.25) is 4.79 Å². The quantitative estimate of drug-likeness (QED) is 0.690. The summed E-state index contributed by atoms with van der Waals surface area (Å²) in [6, 6.07) is 10.1. The van der Waals surface area contributed by atoms with Gasteiger partial charge in [-0.2, -0.15) is 13.2 Å². The monoisotopic (exact) mass is 396 g/mol. The Balaban J connectivity index is 1.63. The van der Waals surface area contributed by atoms with Crippen molar-refractivity contribution in [3.8, 4) is 5.69 Å². The first kappa shape index (κ1) is 18.6. The highest BCUT2D eigenvalue weighted by molar-refractivity contribution is 6.31. The molecule has 0 aliphatic carbocycles. The SMILES string of the molecule is O=C(CNc1cccc(-n2cnnn2)c1)Nc1ccc(Cl)c(C(F)(F)F)c1. The third-order valence-corrected chi connectivity index (χ3v) is 3.80. The number of nitrogens with zero attached hydrogens (tertiary/aromatic N) is 4. The molecular weight excluding hydrogens is 385 g/mol. The molecule has 140 valence electrons. The molecule has 0 spiro atoms. The Hall–Kier alpha value is -3.14. The van der Waals surface area contributed by atoms with Crippen LogP contribution in [0.1, 0.15) is 5.56 Å². The molecule has 1 amide bonds. The Labute approximate surface area is 156 Å². The molecule has 0 unspecified atom stereocenters. The van der Waals surface area contributed by atoms with Gasteiger partial charge in [0.2, 0.25) is 5.91 Å². The molecule has 0 saturated carbocycles. The fourth-order valence-corrected chi connectivity index (χ4v) is 2.47. The van der Waals surface area contributed by atoms with Crippen molar-refractivity contribution in [2.45, 2.75) is 6.18 Å². The zero-order valence-electron chi connectivity index (χ0n) is 13.5. The molecule has 3 aromatic rings. The van der Waals surface area contributed by atoms with Crippen LogP contribution in [0.4, 0.5) is 24.5 Å². The van der Waals surface area contributed by atoms with Crippen molar-refractivity contribution in [2.24, 2.45) is 0 Å². The van der Waals surface area contributed by atoms with Crippen LogP contribution in [0, 0.1) is 0 Å². The molecule has 0 saturated heterocycles. The van der Waals surface area contributed by atoms with Crippen LogP contribution in [0.2, 0.25) is 5.02 Å². The molecule has 1 aromatic heterocycles. The predicted octanol–water partition coefficient (Wildman–Crippen LogP) is 3.39. The summed E-state index contributed by atoms with van der Waals surface area (Å²) in [7, 11) is 0.